The molecule has 0 aliphatic rings. The maximum Gasteiger partial charge on any atom is 1.00 e. The van der Waals surface area contributed by atoms with Gasteiger partial charge in [-0.2, -0.15) is 0 Å². The van der Waals surface area contributed by atoms with Crippen molar-refractivity contribution < 1.29 is 38.3 Å². The minimum atomic E-state index is -2.10. The van der Waals surface area contributed by atoms with Crippen LogP contribution in [-0.2, 0) is 11.1 Å². The third-order valence-corrected chi connectivity index (χ3v) is 2.32. The van der Waals surface area contributed by atoms with Gasteiger partial charge < -0.3 is 4.55 Å². The van der Waals surface area contributed by atoms with E-state index in [1.54, 1.807) is 19.1 Å². The molecule has 0 aromatic heterocycles. The Kier molecular flexibility index (Phi) is 5.29. The summed E-state index contributed by atoms with van der Waals surface area (Å²) in [6, 6.07) is 5.37. The van der Waals surface area contributed by atoms with Crippen LogP contribution >= 0.6 is 0 Å². The molecule has 0 N–H and O–H groups in total. The fourth-order valence-electron chi connectivity index (χ4n) is 0.887. The molecule has 4 heteroatoms. The summed E-state index contributed by atoms with van der Waals surface area (Å²) in [5.41, 5.74) is 1.76. The molecule has 1 rings (SSSR count). The summed E-state index contributed by atoms with van der Waals surface area (Å²) >= 11 is -2.10. The second-order valence-corrected chi connectivity index (χ2v) is 3.41. The molecule has 60 valence electrons. The first kappa shape index (κ1) is 12.3. The van der Waals surface area contributed by atoms with Crippen LogP contribution in [0.5, 0.6) is 0 Å². The van der Waals surface area contributed by atoms with Gasteiger partial charge >= 0.3 is 29.6 Å². The average Bonchev–Trinajstić information content (AvgIpc) is 1.94. The minimum Gasteiger partial charge on any atom is -0.768 e. The third-order valence-electron chi connectivity index (χ3n) is 1.52. The van der Waals surface area contributed by atoms with Gasteiger partial charge in [0.05, 0.1) is 0 Å². The van der Waals surface area contributed by atoms with Crippen LogP contribution in [0.3, 0.4) is 0 Å². The first-order chi connectivity index (χ1) is 5.11. The van der Waals surface area contributed by atoms with Crippen molar-refractivity contribution >= 4 is 11.1 Å². The molecule has 0 spiro atoms. The molecule has 12 heavy (non-hydrogen) atoms. The fraction of sp³-hybridized carbons (Fsp3) is 0.250. The van der Waals surface area contributed by atoms with Crippen molar-refractivity contribution in [1.82, 2.24) is 0 Å². The zero-order valence-electron chi connectivity index (χ0n) is 7.46. The van der Waals surface area contributed by atoms with Crippen molar-refractivity contribution in [3.63, 3.8) is 0 Å². The Morgan fingerprint density at radius 2 is 1.92 bits per heavy atom. The summed E-state index contributed by atoms with van der Waals surface area (Å²) in [5.74, 6) is 0. The molecule has 1 aromatic rings. The van der Waals surface area contributed by atoms with Gasteiger partial charge in [-0.15, -0.1) is 0 Å². The minimum absolute atomic E-state index is 0. The van der Waals surface area contributed by atoms with Gasteiger partial charge in [-0.05, 0) is 42.1 Å². The monoisotopic (exact) mass is 192 g/mol. The Bertz CT molecular complexity index is 299. The molecule has 2 nitrogen and oxygen atoms in total. The molecule has 0 saturated carbocycles. The van der Waals surface area contributed by atoms with Crippen LogP contribution in [0.4, 0.5) is 0 Å². The standard InChI is InChI=1S/C8H10O2S.Na/c1-6-3-4-7(2)8(5-6)11(9)10;/h3-5H,1-2H3,(H,9,10);/q;+1/p-1. The van der Waals surface area contributed by atoms with E-state index in [0.29, 0.717) is 4.90 Å². The molecule has 0 saturated heterocycles. The van der Waals surface area contributed by atoms with Crippen molar-refractivity contribution in [2.45, 2.75) is 18.7 Å². The molecule has 0 radical (unpaired) electrons. The molecule has 1 aromatic carbocycles. The van der Waals surface area contributed by atoms with Crippen molar-refractivity contribution in [2.75, 3.05) is 0 Å². The number of hydrogen-bond acceptors (Lipinski definition) is 2. The topological polar surface area (TPSA) is 40.1 Å². The number of aryl methyl sites for hydroxylation is 2. The summed E-state index contributed by atoms with van der Waals surface area (Å²) in [4.78, 5) is 0.394. The molecule has 1 atom stereocenters. The predicted octanol–water partition coefficient (Wildman–Crippen LogP) is -1.45. The van der Waals surface area contributed by atoms with Crippen molar-refractivity contribution in [3.05, 3.63) is 29.3 Å². The summed E-state index contributed by atoms with van der Waals surface area (Å²) in [6.45, 7) is 3.65. The predicted molar refractivity (Wildman–Crippen MR) is 43.1 cm³/mol. The number of hydrogen-bond donors (Lipinski definition) is 0. The number of benzene rings is 1. The van der Waals surface area contributed by atoms with Crippen LogP contribution in [0.25, 0.3) is 0 Å². The van der Waals surface area contributed by atoms with E-state index in [1.807, 2.05) is 13.0 Å². The zero-order valence-corrected chi connectivity index (χ0v) is 10.3. The normalized spacial score (nSPS) is 11.9. The largest absolute Gasteiger partial charge is 1.00 e. The smallest absolute Gasteiger partial charge is 0.768 e. The van der Waals surface area contributed by atoms with Gasteiger partial charge in [-0.25, -0.2) is 0 Å². The van der Waals surface area contributed by atoms with E-state index >= 15 is 0 Å². The van der Waals surface area contributed by atoms with E-state index in [2.05, 4.69) is 0 Å². The fourth-order valence-corrected chi connectivity index (χ4v) is 1.50. The molecule has 0 aliphatic heterocycles. The number of rotatable bonds is 1. The molecule has 0 bridgehead atoms. The molecule has 0 fully saturated rings. The molecule has 1 unspecified atom stereocenters. The van der Waals surface area contributed by atoms with E-state index in [0.717, 1.165) is 11.1 Å². The van der Waals surface area contributed by atoms with Crippen LogP contribution in [0, 0.1) is 13.8 Å². The van der Waals surface area contributed by atoms with Crippen LogP contribution in [0.15, 0.2) is 23.1 Å². The van der Waals surface area contributed by atoms with Gasteiger partial charge in [0.15, 0.2) is 0 Å². The average molecular weight is 192 g/mol. The quantitative estimate of drug-likeness (QED) is 0.403. The van der Waals surface area contributed by atoms with Gasteiger partial charge in [-0.1, -0.05) is 12.1 Å². The maximum atomic E-state index is 10.6. The second-order valence-electron chi connectivity index (χ2n) is 2.50. The zero-order chi connectivity index (χ0) is 8.43. The first-order valence-corrected chi connectivity index (χ1v) is 4.35. The molecular weight excluding hydrogens is 183 g/mol. The molecule has 0 heterocycles. The second kappa shape index (κ2) is 5.14. The van der Waals surface area contributed by atoms with Crippen molar-refractivity contribution in [3.8, 4) is 0 Å². The van der Waals surface area contributed by atoms with Crippen LogP contribution in [0.2, 0.25) is 0 Å². The van der Waals surface area contributed by atoms with Gasteiger partial charge in [-0.3, -0.25) is 4.21 Å². The third kappa shape index (κ3) is 2.99. The first-order valence-electron chi connectivity index (χ1n) is 3.28. The van der Waals surface area contributed by atoms with Gasteiger partial charge in [0.1, 0.15) is 0 Å². The summed E-state index contributed by atoms with van der Waals surface area (Å²) < 4.78 is 21.1. The van der Waals surface area contributed by atoms with E-state index in [-0.39, 0.29) is 29.6 Å². The Morgan fingerprint density at radius 3 is 2.33 bits per heavy atom. The van der Waals surface area contributed by atoms with E-state index in [9.17, 15) is 8.76 Å². The van der Waals surface area contributed by atoms with Gasteiger partial charge in [0, 0.05) is 4.90 Å². The van der Waals surface area contributed by atoms with Crippen LogP contribution in [-0.4, -0.2) is 8.76 Å². The summed E-state index contributed by atoms with van der Waals surface area (Å²) in [5, 5.41) is 0. The van der Waals surface area contributed by atoms with E-state index < -0.39 is 11.1 Å². The van der Waals surface area contributed by atoms with E-state index in [1.165, 1.54) is 0 Å². The Balaban J connectivity index is 0.00000121. The Morgan fingerprint density at radius 1 is 1.33 bits per heavy atom. The van der Waals surface area contributed by atoms with Crippen LogP contribution < -0.4 is 29.6 Å². The van der Waals surface area contributed by atoms with Crippen LogP contribution in [0.1, 0.15) is 11.1 Å². The Labute approximate surface area is 97.0 Å². The molecular formula is C8H9NaO2S. The molecule has 0 amide bonds. The summed E-state index contributed by atoms with van der Waals surface area (Å²) in [7, 11) is 0. The maximum absolute atomic E-state index is 10.6. The van der Waals surface area contributed by atoms with Crippen molar-refractivity contribution in [1.29, 1.82) is 0 Å². The van der Waals surface area contributed by atoms with Gasteiger partial charge in [0.2, 0.25) is 0 Å². The molecule has 0 aliphatic carbocycles. The summed E-state index contributed by atoms with van der Waals surface area (Å²) in [6.07, 6.45) is 0. The van der Waals surface area contributed by atoms with E-state index in [4.69, 9.17) is 0 Å². The Hall–Kier alpha value is 0.330. The van der Waals surface area contributed by atoms with Crippen molar-refractivity contribution in [2.24, 2.45) is 0 Å². The SMILES string of the molecule is Cc1ccc(C)c(S(=O)[O-])c1.[Na+]. The van der Waals surface area contributed by atoms with Gasteiger partial charge in [0.25, 0.3) is 0 Å².